The number of hydrogen-bond donors (Lipinski definition) is 1. The zero-order valence-corrected chi connectivity index (χ0v) is 11.3. The second-order valence-electron chi connectivity index (χ2n) is 5.61. The Kier molecular flexibility index (Phi) is 5.24. The molecule has 94 valence electrons. The largest absolute Gasteiger partial charge is 0.481 e. The molecule has 0 aliphatic carbocycles. The van der Waals surface area contributed by atoms with Gasteiger partial charge in [-0.25, -0.2) is 0 Å². The third-order valence-electron chi connectivity index (χ3n) is 3.59. The van der Waals surface area contributed by atoms with E-state index >= 15 is 0 Å². The van der Waals surface area contributed by atoms with Gasteiger partial charge in [0, 0.05) is 0 Å². The fourth-order valence-electron chi connectivity index (χ4n) is 2.67. The molecule has 0 saturated heterocycles. The first kappa shape index (κ1) is 15.2. The highest BCUT2D eigenvalue weighted by atomic mass is 16.4. The van der Waals surface area contributed by atoms with E-state index in [1.165, 1.54) is 0 Å². The molecule has 0 aliphatic rings. The summed E-state index contributed by atoms with van der Waals surface area (Å²) in [4.78, 5) is 11.6. The van der Waals surface area contributed by atoms with Crippen LogP contribution in [-0.2, 0) is 4.79 Å². The topological polar surface area (TPSA) is 37.3 Å². The van der Waals surface area contributed by atoms with Gasteiger partial charge < -0.3 is 5.11 Å². The Hall–Kier alpha value is -0.790. The lowest BCUT2D eigenvalue weighted by molar-refractivity contribution is -0.152. The number of hydrogen-bond acceptors (Lipinski definition) is 1. The van der Waals surface area contributed by atoms with Crippen molar-refractivity contribution >= 4 is 5.97 Å². The second kappa shape index (κ2) is 5.51. The fourth-order valence-corrected chi connectivity index (χ4v) is 2.67. The van der Waals surface area contributed by atoms with E-state index in [2.05, 4.69) is 34.3 Å². The van der Waals surface area contributed by atoms with Crippen LogP contribution in [0.2, 0.25) is 0 Å². The first-order chi connectivity index (χ1) is 7.26. The van der Waals surface area contributed by atoms with Gasteiger partial charge >= 0.3 is 5.97 Å². The fraction of sp³-hybridized carbons (Fsp3) is 0.786. The van der Waals surface area contributed by atoms with E-state index in [1.54, 1.807) is 6.08 Å². The molecule has 16 heavy (non-hydrogen) atoms. The van der Waals surface area contributed by atoms with E-state index in [4.69, 9.17) is 0 Å². The van der Waals surface area contributed by atoms with Crippen LogP contribution in [0, 0.1) is 16.7 Å². The van der Waals surface area contributed by atoms with Gasteiger partial charge in [-0.2, -0.15) is 0 Å². The third kappa shape index (κ3) is 2.87. The second-order valence-corrected chi connectivity index (χ2v) is 5.61. The molecule has 0 fully saturated rings. The summed E-state index contributed by atoms with van der Waals surface area (Å²) in [5, 5.41) is 9.51. The van der Waals surface area contributed by atoms with Crippen molar-refractivity contribution < 1.29 is 9.90 Å². The van der Waals surface area contributed by atoms with Crippen molar-refractivity contribution in [1.29, 1.82) is 0 Å². The summed E-state index contributed by atoms with van der Waals surface area (Å²) < 4.78 is 0. The maximum atomic E-state index is 11.6. The molecule has 0 bridgehead atoms. The van der Waals surface area contributed by atoms with Gasteiger partial charge in [0.2, 0.25) is 0 Å². The highest BCUT2D eigenvalue weighted by Gasteiger charge is 2.46. The Bertz CT molecular complexity index is 250. The Morgan fingerprint density at radius 3 is 2.06 bits per heavy atom. The summed E-state index contributed by atoms with van der Waals surface area (Å²) in [5.74, 6) is -0.608. The minimum atomic E-state index is -0.783. The minimum Gasteiger partial charge on any atom is -0.481 e. The molecule has 0 radical (unpaired) electrons. The number of carbonyl (C=O) groups is 1. The molecule has 2 unspecified atom stereocenters. The van der Waals surface area contributed by atoms with Crippen molar-refractivity contribution in [3.63, 3.8) is 0 Å². The van der Waals surface area contributed by atoms with E-state index in [-0.39, 0.29) is 11.3 Å². The summed E-state index contributed by atoms with van der Waals surface area (Å²) in [6.45, 7) is 14.1. The van der Waals surface area contributed by atoms with Crippen molar-refractivity contribution in [2.75, 3.05) is 0 Å². The SMILES string of the molecule is C=CC(CC)(C(=O)O)C(CCC)C(C)(C)C. The third-order valence-corrected chi connectivity index (χ3v) is 3.59. The molecule has 0 spiro atoms. The van der Waals surface area contributed by atoms with Crippen molar-refractivity contribution in [2.24, 2.45) is 16.7 Å². The van der Waals surface area contributed by atoms with Crippen LogP contribution in [0.25, 0.3) is 0 Å². The quantitative estimate of drug-likeness (QED) is 0.692. The Morgan fingerprint density at radius 2 is 1.88 bits per heavy atom. The molecular weight excluding hydrogens is 200 g/mol. The molecule has 0 amide bonds. The van der Waals surface area contributed by atoms with E-state index in [1.807, 2.05) is 6.92 Å². The maximum Gasteiger partial charge on any atom is 0.313 e. The molecule has 0 aromatic heterocycles. The predicted molar refractivity (Wildman–Crippen MR) is 68.4 cm³/mol. The molecule has 0 rings (SSSR count). The van der Waals surface area contributed by atoms with E-state index in [0.29, 0.717) is 6.42 Å². The van der Waals surface area contributed by atoms with E-state index in [0.717, 1.165) is 12.8 Å². The van der Waals surface area contributed by atoms with Crippen LogP contribution in [0.5, 0.6) is 0 Å². The number of carboxylic acid groups (broad SMARTS) is 1. The predicted octanol–water partition coefficient (Wildman–Crippen LogP) is 4.12. The maximum absolute atomic E-state index is 11.6. The molecular formula is C14H26O2. The van der Waals surface area contributed by atoms with Crippen LogP contribution >= 0.6 is 0 Å². The lowest BCUT2D eigenvalue weighted by Crippen LogP contribution is -2.42. The number of rotatable bonds is 6. The zero-order valence-electron chi connectivity index (χ0n) is 11.3. The van der Waals surface area contributed by atoms with E-state index < -0.39 is 11.4 Å². The first-order valence-corrected chi connectivity index (χ1v) is 6.13. The van der Waals surface area contributed by atoms with Gasteiger partial charge in [0.1, 0.15) is 0 Å². The molecule has 0 saturated carbocycles. The molecule has 0 heterocycles. The highest BCUT2D eigenvalue weighted by Crippen LogP contribution is 2.46. The van der Waals surface area contributed by atoms with Crippen LogP contribution in [-0.4, -0.2) is 11.1 Å². The highest BCUT2D eigenvalue weighted by molar-refractivity contribution is 5.77. The summed E-state index contributed by atoms with van der Waals surface area (Å²) >= 11 is 0. The smallest absolute Gasteiger partial charge is 0.313 e. The van der Waals surface area contributed by atoms with Crippen molar-refractivity contribution in [2.45, 2.75) is 53.9 Å². The standard InChI is InChI=1S/C14H26O2/c1-7-10-11(13(4,5)6)14(8-2,9-3)12(15)16/h8,11H,2,7,9-10H2,1,3-6H3,(H,15,16). The lowest BCUT2D eigenvalue weighted by atomic mass is 9.61. The molecule has 0 aliphatic heterocycles. The van der Waals surface area contributed by atoms with Gasteiger partial charge in [0.25, 0.3) is 0 Å². The summed E-state index contributed by atoms with van der Waals surface area (Å²) in [7, 11) is 0. The van der Waals surface area contributed by atoms with Crippen LogP contribution in [0.1, 0.15) is 53.9 Å². The van der Waals surface area contributed by atoms with Gasteiger partial charge in [-0.05, 0) is 24.2 Å². The van der Waals surface area contributed by atoms with Crippen LogP contribution < -0.4 is 0 Å². The Morgan fingerprint density at radius 1 is 1.38 bits per heavy atom. The molecule has 1 N–H and O–H groups in total. The monoisotopic (exact) mass is 226 g/mol. The summed E-state index contributed by atoms with van der Waals surface area (Å²) in [6, 6.07) is 0. The Balaban J connectivity index is 5.42. The average Bonchev–Trinajstić information content (AvgIpc) is 2.17. The lowest BCUT2D eigenvalue weighted by Gasteiger charge is -2.42. The van der Waals surface area contributed by atoms with E-state index in [9.17, 15) is 9.90 Å². The number of carboxylic acids is 1. The first-order valence-electron chi connectivity index (χ1n) is 6.13. The number of aliphatic carboxylic acids is 1. The summed E-state index contributed by atoms with van der Waals surface area (Å²) in [5.41, 5.74) is -0.799. The summed E-state index contributed by atoms with van der Waals surface area (Å²) in [6.07, 6.45) is 4.18. The molecule has 0 aromatic rings. The van der Waals surface area contributed by atoms with Crippen LogP contribution in [0.3, 0.4) is 0 Å². The zero-order chi connectivity index (χ0) is 13.0. The Labute approximate surface area is 99.7 Å². The average molecular weight is 226 g/mol. The molecule has 2 atom stereocenters. The van der Waals surface area contributed by atoms with Crippen LogP contribution in [0.4, 0.5) is 0 Å². The van der Waals surface area contributed by atoms with Gasteiger partial charge in [-0.15, -0.1) is 6.58 Å². The van der Waals surface area contributed by atoms with Gasteiger partial charge in [-0.3, -0.25) is 4.79 Å². The van der Waals surface area contributed by atoms with Gasteiger partial charge in [0.05, 0.1) is 5.41 Å². The van der Waals surface area contributed by atoms with Gasteiger partial charge in [0.15, 0.2) is 0 Å². The van der Waals surface area contributed by atoms with Gasteiger partial charge in [-0.1, -0.05) is 47.1 Å². The van der Waals surface area contributed by atoms with Crippen molar-refractivity contribution in [3.05, 3.63) is 12.7 Å². The van der Waals surface area contributed by atoms with Crippen molar-refractivity contribution in [1.82, 2.24) is 0 Å². The minimum absolute atomic E-state index is 0.0153. The molecule has 0 aromatic carbocycles. The molecule has 2 heteroatoms. The van der Waals surface area contributed by atoms with Crippen molar-refractivity contribution in [3.8, 4) is 0 Å². The molecule has 2 nitrogen and oxygen atoms in total. The normalized spacial score (nSPS) is 17.6. The van der Waals surface area contributed by atoms with Crippen LogP contribution in [0.15, 0.2) is 12.7 Å².